The Bertz CT molecular complexity index is 755. The van der Waals surface area contributed by atoms with Crippen LogP contribution >= 0.6 is 0 Å². The fraction of sp³-hybridized carbons (Fsp3) is 0.474. The summed E-state index contributed by atoms with van der Waals surface area (Å²) in [6, 6.07) is 6.63. The molecule has 0 bridgehead atoms. The predicted octanol–water partition coefficient (Wildman–Crippen LogP) is 2.49. The van der Waals surface area contributed by atoms with E-state index in [0.29, 0.717) is 32.2 Å². The van der Waals surface area contributed by atoms with Crippen LogP contribution in [0.15, 0.2) is 41.3 Å². The number of nitrogens with one attached hydrogen (secondary N) is 1. The van der Waals surface area contributed by atoms with Crippen molar-refractivity contribution in [3.05, 3.63) is 42.0 Å². The second-order valence-corrected chi connectivity index (χ2v) is 7.94. The number of methoxy groups -OCH3 is 1. The molecule has 1 N–H and O–H groups in total. The van der Waals surface area contributed by atoms with Crippen LogP contribution in [0.1, 0.15) is 38.2 Å². The molecule has 0 radical (unpaired) electrons. The zero-order valence-electron chi connectivity index (χ0n) is 16.0. The summed E-state index contributed by atoms with van der Waals surface area (Å²) in [4.78, 5) is 23.0. The third-order valence-corrected chi connectivity index (χ3v) is 5.39. The largest absolute Gasteiger partial charge is 0.466 e. The molecule has 1 rings (SSSR count). The van der Waals surface area contributed by atoms with E-state index in [1.165, 1.54) is 14.0 Å². The normalized spacial score (nSPS) is 12.3. The molecule has 0 heterocycles. The third-order valence-electron chi connectivity index (χ3n) is 3.91. The van der Waals surface area contributed by atoms with E-state index < -0.39 is 28.1 Å². The maximum atomic E-state index is 12.2. The maximum absolute atomic E-state index is 12.2. The molecule has 7 nitrogen and oxygen atoms in total. The smallest absolute Gasteiger partial charge is 0.336 e. The number of aryl methyl sites for hydroxylation is 1. The van der Waals surface area contributed by atoms with Crippen molar-refractivity contribution in [3.8, 4) is 0 Å². The minimum atomic E-state index is -3.52. The van der Waals surface area contributed by atoms with Gasteiger partial charge >= 0.3 is 11.9 Å². The van der Waals surface area contributed by atoms with Crippen molar-refractivity contribution in [2.75, 3.05) is 13.7 Å². The summed E-state index contributed by atoms with van der Waals surface area (Å²) in [5, 5.41) is 0. The van der Waals surface area contributed by atoms with Gasteiger partial charge in [0.15, 0.2) is 0 Å². The molecule has 0 aromatic heterocycles. The van der Waals surface area contributed by atoms with Crippen molar-refractivity contribution < 1.29 is 27.5 Å². The number of esters is 2. The van der Waals surface area contributed by atoms with E-state index in [9.17, 15) is 18.0 Å². The van der Waals surface area contributed by atoms with Crippen LogP contribution < -0.4 is 4.72 Å². The van der Waals surface area contributed by atoms with Crippen LogP contribution in [0, 0.1) is 6.92 Å². The SMILES string of the molecule is C=C(C(=O)OC)C(CCCCCNS(=O)(=O)c1ccc(C)cc1)OC(C)=O. The minimum Gasteiger partial charge on any atom is -0.466 e. The highest BCUT2D eigenvalue weighted by Crippen LogP contribution is 2.16. The average Bonchev–Trinajstić information content (AvgIpc) is 2.62. The Kier molecular flexibility index (Phi) is 9.17. The number of ether oxygens (including phenoxy) is 2. The van der Waals surface area contributed by atoms with E-state index in [0.717, 1.165) is 5.56 Å². The Morgan fingerprint density at radius 1 is 1.15 bits per heavy atom. The topological polar surface area (TPSA) is 98.8 Å². The van der Waals surface area contributed by atoms with Crippen LogP contribution in [0.25, 0.3) is 0 Å². The molecule has 0 aliphatic rings. The fourth-order valence-corrected chi connectivity index (χ4v) is 3.48. The summed E-state index contributed by atoms with van der Waals surface area (Å²) in [5.41, 5.74) is 1.08. The summed E-state index contributed by atoms with van der Waals surface area (Å²) in [7, 11) is -2.28. The molecule has 0 amide bonds. The van der Waals surface area contributed by atoms with Gasteiger partial charge in [0.2, 0.25) is 10.0 Å². The number of rotatable bonds is 11. The lowest BCUT2D eigenvalue weighted by Crippen LogP contribution is -2.25. The van der Waals surface area contributed by atoms with Gasteiger partial charge < -0.3 is 9.47 Å². The van der Waals surface area contributed by atoms with Gasteiger partial charge in [0.25, 0.3) is 0 Å². The number of benzene rings is 1. The summed E-state index contributed by atoms with van der Waals surface area (Å²) in [6.07, 6.45) is 1.63. The van der Waals surface area contributed by atoms with Crippen molar-refractivity contribution >= 4 is 22.0 Å². The molecule has 0 aliphatic heterocycles. The first-order valence-electron chi connectivity index (χ1n) is 8.68. The molecule has 150 valence electrons. The maximum Gasteiger partial charge on any atom is 0.336 e. The first-order chi connectivity index (χ1) is 12.7. The molecular weight excluding hydrogens is 370 g/mol. The summed E-state index contributed by atoms with van der Waals surface area (Å²) in [5.74, 6) is -1.12. The number of unbranched alkanes of at least 4 members (excludes halogenated alkanes) is 2. The van der Waals surface area contributed by atoms with Gasteiger partial charge in [-0.25, -0.2) is 17.9 Å². The standard InChI is InChI=1S/C19H27NO6S/c1-14-9-11-17(12-10-14)27(23,24)20-13-7-5-6-8-18(26-16(3)21)15(2)19(22)25-4/h9-12,18,20H,2,5-8,13H2,1,3-4H3. The Morgan fingerprint density at radius 2 is 1.78 bits per heavy atom. The molecule has 27 heavy (non-hydrogen) atoms. The van der Waals surface area contributed by atoms with Crippen molar-refractivity contribution in [2.45, 2.75) is 50.5 Å². The minimum absolute atomic E-state index is 0.0905. The third kappa shape index (κ3) is 7.92. The van der Waals surface area contributed by atoms with Crippen LogP contribution in [0.2, 0.25) is 0 Å². The van der Waals surface area contributed by atoms with Crippen molar-refractivity contribution in [1.29, 1.82) is 0 Å². The number of sulfonamides is 1. The van der Waals surface area contributed by atoms with E-state index in [-0.39, 0.29) is 10.5 Å². The Labute approximate surface area is 160 Å². The molecule has 1 aromatic carbocycles. The van der Waals surface area contributed by atoms with Crippen molar-refractivity contribution in [3.63, 3.8) is 0 Å². The second-order valence-electron chi connectivity index (χ2n) is 6.18. The lowest BCUT2D eigenvalue weighted by atomic mass is 10.0. The molecule has 0 saturated carbocycles. The lowest BCUT2D eigenvalue weighted by molar-refractivity contribution is -0.147. The van der Waals surface area contributed by atoms with Gasteiger partial charge in [-0.15, -0.1) is 0 Å². The second kappa shape index (κ2) is 10.8. The molecule has 0 aliphatic carbocycles. The quantitative estimate of drug-likeness (QED) is 0.350. The lowest BCUT2D eigenvalue weighted by Gasteiger charge is -2.17. The van der Waals surface area contributed by atoms with E-state index in [4.69, 9.17) is 4.74 Å². The van der Waals surface area contributed by atoms with Gasteiger partial charge in [-0.2, -0.15) is 0 Å². The zero-order chi connectivity index (χ0) is 20.4. The Morgan fingerprint density at radius 3 is 2.33 bits per heavy atom. The van der Waals surface area contributed by atoms with Crippen molar-refractivity contribution in [2.24, 2.45) is 0 Å². The summed E-state index contributed by atoms with van der Waals surface area (Å²) >= 11 is 0. The summed E-state index contributed by atoms with van der Waals surface area (Å²) < 4.78 is 36.6. The molecule has 8 heteroatoms. The number of carbonyl (C=O) groups is 2. The van der Waals surface area contributed by atoms with E-state index in [1.54, 1.807) is 24.3 Å². The Balaban J connectivity index is 2.41. The number of hydrogen-bond acceptors (Lipinski definition) is 6. The van der Waals surface area contributed by atoms with Gasteiger partial charge in [-0.3, -0.25) is 4.79 Å². The average molecular weight is 397 g/mol. The van der Waals surface area contributed by atoms with Crippen LogP contribution in [0.5, 0.6) is 0 Å². The molecule has 0 spiro atoms. The molecule has 0 fully saturated rings. The first kappa shape index (κ1) is 22.9. The van der Waals surface area contributed by atoms with E-state index in [2.05, 4.69) is 16.0 Å². The van der Waals surface area contributed by atoms with Gasteiger partial charge in [0.05, 0.1) is 17.6 Å². The molecule has 1 atom stereocenters. The zero-order valence-corrected chi connectivity index (χ0v) is 16.8. The van der Waals surface area contributed by atoms with Crippen LogP contribution in [0.3, 0.4) is 0 Å². The van der Waals surface area contributed by atoms with Crippen LogP contribution in [-0.4, -0.2) is 40.1 Å². The molecular formula is C19H27NO6S. The highest BCUT2D eigenvalue weighted by molar-refractivity contribution is 7.89. The van der Waals surface area contributed by atoms with Crippen LogP contribution in [-0.2, 0) is 29.1 Å². The molecule has 1 unspecified atom stereocenters. The first-order valence-corrected chi connectivity index (χ1v) is 10.2. The van der Waals surface area contributed by atoms with Gasteiger partial charge in [-0.05, 0) is 38.3 Å². The highest BCUT2D eigenvalue weighted by Gasteiger charge is 2.22. The number of hydrogen-bond donors (Lipinski definition) is 1. The van der Waals surface area contributed by atoms with E-state index in [1.807, 2.05) is 6.92 Å². The Hall–Kier alpha value is -2.19. The fourth-order valence-electron chi connectivity index (χ4n) is 2.41. The monoisotopic (exact) mass is 397 g/mol. The van der Waals surface area contributed by atoms with Gasteiger partial charge in [-0.1, -0.05) is 30.7 Å². The number of carbonyl (C=O) groups excluding carboxylic acids is 2. The summed E-state index contributed by atoms with van der Waals surface area (Å²) in [6.45, 7) is 7.07. The van der Waals surface area contributed by atoms with Crippen LogP contribution in [0.4, 0.5) is 0 Å². The van der Waals surface area contributed by atoms with Gasteiger partial charge in [0.1, 0.15) is 6.10 Å². The van der Waals surface area contributed by atoms with Gasteiger partial charge in [0, 0.05) is 13.5 Å². The van der Waals surface area contributed by atoms with Crippen molar-refractivity contribution in [1.82, 2.24) is 4.72 Å². The highest BCUT2D eigenvalue weighted by atomic mass is 32.2. The van der Waals surface area contributed by atoms with E-state index >= 15 is 0 Å². The molecule has 0 saturated heterocycles. The predicted molar refractivity (Wildman–Crippen MR) is 102 cm³/mol. The molecule has 1 aromatic rings.